The highest BCUT2D eigenvalue weighted by Gasteiger charge is 2.02. The summed E-state index contributed by atoms with van der Waals surface area (Å²) in [6.07, 6.45) is 6.68. The number of aromatic nitrogens is 1. The molecule has 2 aromatic rings. The van der Waals surface area contributed by atoms with E-state index in [1.807, 2.05) is 0 Å². The molecular weight excluding hydrogens is 365 g/mol. The molecule has 108 valence electrons. The average molecular weight is 385 g/mol. The zero-order valence-electron chi connectivity index (χ0n) is 11.5. The zero-order chi connectivity index (χ0) is 14.4. The average Bonchev–Trinajstić information content (AvgIpc) is 2.79. The van der Waals surface area contributed by atoms with E-state index in [0.717, 1.165) is 32.1 Å². The minimum absolute atomic E-state index is 0.306. The first-order chi connectivity index (χ1) is 9.65. The molecule has 1 aromatic carbocycles. The molecule has 0 spiro atoms. The number of unbranched alkanes of at least 4 members (excludes halogenated alkanes) is 4. The van der Waals surface area contributed by atoms with Crippen LogP contribution in [0.1, 0.15) is 44.2 Å². The summed E-state index contributed by atoms with van der Waals surface area (Å²) in [7, 11) is 0. The fourth-order valence-corrected chi connectivity index (χ4v) is 2.94. The molecule has 0 bridgehead atoms. The molecule has 0 aliphatic heterocycles. The smallest absolute Gasteiger partial charge is 0.303 e. The van der Waals surface area contributed by atoms with Gasteiger partial charge in [0, 0.05) is 26.6 Å². The van der Waals surface area contributed by atoms with Gasteiger partial charge in [0.05, 0.1) is 0 Å². The molecule has 0 fully saturated rings. The Balaban J connectivity index is 1.69. The lowest BCUT2D eigenvalue weighted by Gasteiger charge is -1.99. The van der Waals surface area contributed by atoms with Gasteiger partial charge in [0.2, 0.25) is 0 Å². The SMILES string of the molecule is O=C(O)CCCCCCCc1cc2cc(I)ccc2[nH]1. The topological polar surface area (TPSA) is 53.1 Å². The summed E-state index contributed by atoms with van der Waals surface area (Å²) < 4.78 is 1.26. The number of aryl methyl sites for hydroxylation is 1. The molecular formula is C16H20INO2. The van der Waals surface area contributed by atoms with Gasteiger partial charge in [-0.05, 0) is 66.1 Å². The third-order valence-electron chi connectivity index (χ3n) is 3.48. The molecule has 2 rings (SSSR count). The number of rotatable bonds is 8. The van der Waals surface area contributed by atoms with Crippen molar-refractivity contribution in [3.8, 4) is 0 Å². The molecule has 0 atom stereocenters. The zero-order valence-corrected chi connectivity index (χ0v) is 13.7. The normalized spacial score (nSPS) is 11.1. The van der Waals surface area contributed by atoms with Crippen molar-refractivity contribution in [3.05, 3.63) is 33.5 Å². The van der Waals surface area contributed by atoms with Crippen molar-refractivity contribution in [1.82, 2.24) is 4.98 Å². The van der Waals surface area contributed by atoms with Gasteiger partial charge in [-0.15, -0.1) is 0 Å². The molecule has 2 N–H and O–H groups in total. The molecule has 0 saturated carbocycles. The number of fused-ring (bicyclic) bond motifs is 1. The second-order valence-corrected chi connectivity index (χ2v) is 6.43. The third kappa shape index (κ3) is 4.81. The molecule has 3 nitrogen and oxygen atoms in total. The van der Waals surface area contributed by atoms with Gasteiger partial charge < -0.3 is 10.1 Å². The highest BCUT2D eigenvalue weighted by molar-refractivity contribution is 14.1. The minimum atomic E-state index is -0.683. The third-order valence-corrected chi connectivity index (χ3v) is 4.15. The number of benzene rings is 1. The van der Waals surface area contributed by atoms with Gasteiger partial charge in [0.1, 0.15) is 0 Å². The minimum Gasteiger partial charge on any atom is -0.481 e. The molecule has 4 heteroatoms. The Morgan fingerprint density at radius 1 is 1.10 bits per heavy atom. The second-order valence-electron chi connectivity index (χ2n) is 5.19. The first-order valence-electron chi connectivity index (χ1n) is 7.14. The van der Waals surface area contributed by atoms with Crippen molar-refractivity contribution in [3.63, 3.8) is 0 Å². The number of carbonyl (C=O) groups is 1. The van der Waals surface area contributed by atoms with E-state index in [1.54, 1.807) is 0 Å². The molecule has 0 aliphatic carbocycles. The van der Waals surface area contributed by atoms with Gasteiger partial charge in [-0.3, -0.25) is 4.79 Å². The maximum absolute atomic E-state index is 10.4. The van der Waals surface area contributed by atoms with Crippen LogP contribution in [0.25, 0.3) is 10.9 Å². The number of aliphatic carboxylic acids is 1. The lowest BCUT2D eigenvalue weighted by Crippen LogP contribution is -1.93. The summed E-state index contributed by atoms with van der Waals surface area (Å²) in [6.45, 7) is 0. The fraction of sp³-hybridized carbons (Fsp3) is 0.438. The summed E-state index contributed by atoms with van der Waals surface area (Å²) in [4.78, 5) is 13.8. The van der Waals surface area contributed by atoms with Crippen LogP contribution < -0.4 is 0 Å². The van der Waals surface area contributed by atoms with Gasteiger partial charge in [-0.1, -0.05) is 19.3 Å². The Hall–Kier alpha value is -1.04. The Bertz CT molecular complexity index is 577. The van der Waals surface area contributed by atoms with Crippen LogP contribution in [-0.4, -0.2) is 16.1 Å². The standard InChI is InChI=1S/C16H20INO2/c17-13-8-9-15-12(10-13)11-14(18-15)6-4-2-1-3-5-7-16(19)20/h8-11,18H,1-7H2,(H,19,20). The lowest BCUT2D eigenvalue weighted by molar-refractivity contribution is -0.137. The monoisotopic (exact) mass is 385 g/mol. The Kier molecular flexibility index (Phi) is 5.88. The number of halogens is 1. The molecule has 1 aromatic heterocycles. The van der Waals surface area contributed by atoms with Crippen molar-refractivity contribution in [2.45, 2.75) is 44.9 Å². The maximum Gasteiger partial charge on any atom is 0.303 e. The van der Waals surface area contributed by atoms with E-state index < -0.39 is 5.97 Å². The van der Waals surface area contributed by atoms with Crippen molar-refractivity contribution < 1.29 is 9.90 Å². The first-order valence-corrected chi connectivity index (χ1v) is 8.22. The van der Waals surface area contributed by atoms with Crippen molar-refractivity contribution >= 4 is 39.5 Å². The number of carboxylic acids is 1. The Morgan fingerprint density at radius 2 is 1.85 bits per heavy atom. The second kappa shape index (κ2) is 7.67. The summed E-state index contributed by atoms with van der Waals surface area (Å²) in [5.41, 5.74) is 2.51. The Morgan fingerprint density at radius 3 is 2.65 bits per heavy atom. The number of carboxylic acid groups (broad SMARTS) is 1. The highest BCUT2D eigenvalue weighted by atomic mass is 127. The van der Waals surface area contributed by atoms with Gasteiger partial charge in [-0.25, -0.2) is 0 Å². The molecule has 0 aliphatic rings. The molecule has 0 radical (unpaired) electrons. The molecule has 0 saturated heterocycles. The fourth-order valence-electron chi connectivity index (χ4n) is 2.42. The molecule has 1 heterocycles. The maximum atomic E-state index is 10.4. The van der Waals surface area contributed by atoms with Crippen molar-refractivity contribution in [2.24, 2.45) is 0 Å². The summed E-state index contributed by atoms with van der Waals surface area (Å²) >= 11 is 2.33. The van der Waals surface area contributed by atoms with Gasteiger partial charge in [0.25, 0.3) is 0 Å². The van der Waals surface area contributed by atoms with E-state index in [2.05, 4.69) is 51.8 Å². The first kappa shape index (κ1) is 15.4. The number of hydrogen-bond acceptors (Lipinski definition) is 1. The summed E-state index contributed by atoms with van der Waals surface area (Å²) in [5.74, 6) is -0.683. The lowest BCUT2D eigenvalue weighted by atomic mass is 10.1. The van der Waals surface area contributed by atoms with Crippen LogP contribution in [-0.2, 0) is 11.2 Å². The molecule has 0 amide bonds. The van der Waals surface area contributed by atoms with E-state index in [4.69, 9.17) is 5.11 Å². The van der Waals surface area contributed by atoms with Crippen molar-refractivity contribution in [1.29, 1.82) is 0 Å². The quantitative estimate of drug-likeness (QED) is 0.510. The summed E-state index contributed by atoms with van der Waals surface area (Å²) in [6, 6.07) is 8.68. The van der Waals surface area contributed by atoms with E-state index in [1.165, 1.54) is 26.6 Å². The van der Waals surface area contributed by atoms with Gasteiger partial charge in [-0.2, -0.15) is 0 Å². The number of hydrogen-bond donors (Lipinski definition) is 2. The highest BCUT2D eigenvalue weighted by Crippen LogP contribution is 2.19. The largest absolute Gasteiger partial charge is 0.481 e. The van der Waals surface area contributed by atoms with E-state index in [0.29, 0.717) is 6.42 Å². The predicted octanol–water partition coefficient (Wildman–Crippen LogP) is 4.74. The van der Waals surface area contributed by atoms with Crippen LogP contribution in [0.2, 0.25) is 0 Å². The predicted molar refractivity (Wildman–Crippen MR) is 90.1 cm³/mol. The van der Waals surface area contributed by atoms with E-state index in [-0.39, 0.29) is 0 Å². The van der Waals surface area contributed by atoms with Crippen LogP contribution in [0.5, 0.6) is 0 Å². The number of H-pyrrole nitrogens is 1. The van der Waals surface area contributed by atoms with E-state index >= 15 is 0 Å². The van der Waals surface area contributed by atoms with E-state index in [9.17, 15) is 4.79 Å². The van der Waals surface area contributed by atoms with Crippen molar-refractivity contribution in [2.75, 3.05) is 0 Å². The molecule has 0 unspecified atom stereocenters. The van der Waals surface area contributed by atoms with Crippen LogP contribution in [0.4, 0.5) is 0 Å². The number of nitrogens with one attached hydrogen (secondary N) is 1. The number of aromatic amines is 1. The van der Waals surface area contributed by atoms with Crippen LogP contribution in [0.3, 0.4) is 0 Å². The van der Waals surface area contributed by atoms with Crippen LogP contribution >= 0.6 is 22.6 Å². The Labute approximate surface area is 132 Å². The molecule has 20 heavy (non-hydrogen) atoms. The summed E-state index contributed by atoms with van der Waals surface area (Å²) in [5, 5.41) is 9.83. The van der Waals surface area contributed by atoms with Gasteiger partial charge >= 0.3 is 5.97 Å². The van der Waals surface area contributed by atoms with Crippen LogP contribution in [0.15, 0.2) is 24.3 Å². The van der Waals surface area contributed by atoms with Gasteiger partial charge in [0.15, 0.2) is 0 Å². The van der Waals surface area contributed by atoms with Crippen LogP contribution in [0, 0.1) is 3.57 Å².